The molecule has 0 fully saturated rings. The second kappa shape index (κ2) is 4.18. The molecule has 0 saturated heterocycles. The molecule has 0 aliphatic heterocycles. The number of nitrogen functional groups attached to an aromatic ring is 1. The number of aryl methyl sites for hydroxylation is 1. The lowest BCUT2D eigenvalue weighted by Crippen LogP contribution is -1.99. The number of anilines is 1. The summed E-state index contributed by atoms with van der Waals surface area (Å²) >= 11 is 5.83. The van der Waals surface area contributed by atoms with Crippen LogP contribution in [0.4, 0.5) is 10.2 Å². The average Bonchev–Trinajstić information content (AvgIpc) is 2.29. The van der Waals surface area contributed by atoms with Crippen LogP contribution in [0, 0.1) is 12.7 Å². The number of hydrogen-bond donors (Lipinski definition) is 2. The molecule has 1 aromatic heterocycles. The maximum absolute atomic E-state index is 12.9. The quantitative estimate of drug-likeness (QED) is 0.819. The zero-order valence-corrected chi connectivity index (χ0v) is 9.66. The lowest BCUT2D eigenvalue weighted by molar-refractivity contribution is 0.471. The van der Waals surface area contributed by atoms with Crippen LogP contribution in [-0.4, -0.2) is 15.1 Å². The number of aromatic nitrogens is 2. The summed E-state index contributed by atoms with van der Waals surface area (Å²) in [4.78, 5) is 7.62. The number of benzene rings is 1. The number of phenolic OH excluding ortho intramolecular Hbond substituents is 1. The number of rotatable bonds is 1. The first-order chi connectivity index (χ1) is 7.99. The summed E-state index contributed by atoms with van der Waals surface area (Å²) < 4.78 is 12.9. The summed E-state index contributed by atoms with van der Waals surface area (Å²) in [6.45, 7) is 1.69. The topological polar surface area (TPSA) is 72.0 Å². The Morgan fingerprint density at radius 1 is 1.41 bits per heavy atom. The minimum atomic E-state index is -0.671. The van der Waals surface area contributed by atoms with Crippen molar-refractivity contribution in [3.05, 3.63) is 34.7 Å². The Morgan fingerprint density at radius 2 is 2.12 bits per heavy atom. The van der Waals surface area contributed by atoms with Gasteiger partial charge in [0.15, 0.2) is 17.5 Å². The third-order valence-electron chi connectivity index (χ3n) is 2.28. The molecule has 2 rings (SSSR count). The summed E-state index contributed by atoms with van der Waals surface area (Å²) in [6, 6.07) is 3.14. The van der Waals surface area contributed by atoms with Gasteiger partial charge >= 0.3 is 0 Å². The van der Waals surface area contributed by atoms with Gasteiger partial charge in [-0.1, -0.05) is 11.6 Å². The zero-order chi connectivity index (χ0) is 12.6. The van der Waals surface area contributed by atoms with Crippen molar-refractivity contribution < 1.29 is 9.50 Å². The molecule has 1 heterocycles. The van der Waals surface area contributed by atoms with Gasteiger partial charge in [0.05, 0.1) is 11.2 Å². The summed E-state index contributed by atoms with van der Waals surface area (Å²) in [5.41, 5.74) is 6.50. The van der Waals surface area contributed by atoms with Crippen LogP contribution in [0.25, 0.3) is 11.4 Å². The SMILES string of the molecule is Cc1cc(-c2ncc(F)c(N)n2)cc(Cl)c1O. The first-order valence-electron chi connectivity index (χ1n) is 4.76. The Morgan fingerprint density at radius 3 is 2.71 bits per heavy atom. The first kappa shape index (κ1) is 11.6. The van der Waals surface area contributed by atoms with Crippen molar-refractivity contribution in [3.63, 3.8) is 0 Å². The Kier molecular flexibility index (Phi) is 2.85. The van der Waals surface area contributed by atoms with Crippen LogP contribution in [0.5, 0.6) is 5.75 Å². The number of hydrogen-bond acceptors (Lipinski definition) is 4. The van der Waals surface area contributed by atoms with E-state index < -0.39 is 5.82 Å². The summed E-state index contributed by atoms with van der Waals surface area (Å²) in [7, 11) is 0. The van der Waals surface area contributed by atoms with Crippen LogP contribution in [0.1, 0.15) is 5.56 Å². The summed E-state index contributed by atoms with van der Waals surface area (Å²) in [5, 5.41) is 9.71. The van der Waals surface area contributed by atoms with Crippen LogP contribution in [0.2, 0.25) is 5.02 Å². The van der Waals surface area contributed by atoms with E-state index in [1.54, 1.807) is 13.0 Å². The van der Waals surface area contributed by atoms with E-state index in [0.29, 0.717) is 11.1 Å². The predicted octanol–water partition coefficient (Wildman–Crippen LogP) is 2.53. The maximum Gasteiger partial charge on any atom is 0.183 e. The van der Waals surface area contributed by atoms with E-state index in [2.05, 4.69) is 9.97 Å². The van der Waals surface area contributed by atoms with Gasteiger partial charge in [-0.05, 0) is 24.6 Å². The van der Waals surface area contributed by atoms with Crippen LogP contribution in [0.3, 0.4) is 0 Å². The summed E-state index contributed by atoms with van der Waals surface area (Å²) in [5.74, 6) is -0.633. The van der Waals surface area contributed by atoms with Crippen molar-refractivity contribution in [2.24, 2.45) is 0 Å². The third kappa shape index (κ3) is 2.14. The highest BCUT2D eigenvalue weighted by Crippen LogP contribution is 2.31. The molecule has 0 unspecified atom stereocenters. The highest BCUT2D eigenvalue weighted by Gasteiger charge is 2.10. The van der Waals surface area contributed by atoms with E-state index in [9.17, 15) is 9.50 Å². The van der Waals surface area contributed by atoms with Crippen molar-refractivity contribution in [2.45, 2.75) is 6.92 Å². The Labute approximate surface area is 102 Å². The lowest BCUT2D eigenvalue weighted by atomic mass is 10.1. The predicted molar refractivity (Wildman–Crippen MR) is 63.3 cm³/mol. The minimum absolute atomic E-state index is 0.00509. The van der Waals surface area contributed by atoms with Gasteiger partial charge in [-0.3, -0.25) is 0 Å². The van der Waals surface area contributed by atoms with Gasteiger partial charge in [-0.25, -0.2) is 14.4 Å². The second-order valence-corrected chi connectivity index (χ2v) is 3.96. The van der Waals surface area contributed by atoms with E-state index in [1.807, 2.05) is 0 Å². The van der Waals surface area contributed by atoms with E-state index >= 15 is 0 Å². The Balaban J connectivity index is 2.57. The van der Waals surface area contributed by atoms with E-state index in [0.717, 1.165) is 6.20 Å². The van der Waals surface area contributed by atoms with E-state index in [-0.39, 0.29) is 22.4 Å². The van der Waals surface area contributed by atoms with Crippen LogP contribution in [-0.2, 0) is 0 Å². The first-order valence-corrected chi connectivity index (χ1v) is 5.14. The average molecular weight is 254 g/mol. The highest BCUT2D eigenvalue weighted by molar-refractivity contribution is 6.32. The summed E-state index contributed by atoms with van der Waals surface area (Å²) in [6.07, 6.45) is 0.994. The van der Waals surface area contributed by atoms with Crippen molar-refractivity contribution in [2.75, 3.05) is 5.73 Å². The molecule has 17 heavy (non-hydrogen) atoms. The van der Waals surface area contributed by atoms with Crippen LogP contribution in [0.15, 0.2) is 18.3 Å². The normalized spacial score (nSPS) is 10.5. The molecule has 0 aliphatic rings. The number of halogens is 2. The van der Waals surface area contributed by atoms with Crippen molar-refractivity contribution >= 4 is 17.4 Å². The standard InChI is InChI=1S/C11H9ClFN3O/c1-5-2-6(3-7(12)9(5)17)11-15-4-8(13)10(14)16-11/h2-4,17H,1H3,(H2,14,15,16). The van der Waals surface area contributed by atoms with Gasteiger partial charge in [0.25, 0.3) is 0 Å². The van der Waals surface area contributed by atoms with Crippen LogP contribution < -0.4 is 5.73 Å². The Bertz CT molecular complexity index is 566. The van der Waals surface area contributed by atoms with Gasteiger partial charge in [0.1, 0.15) is 5.75 Å². The largest absolute Gasteiger partial charge is 0.506 e. The molecule has 0 amide bonds. The fourth-order valence-corrected chi connectivity index (χ4v) is 1.65. The van der Waals surface area contributed by atoms with Crippen molar-refractivity contribution in [1.82, 2.24) is 9.97 Å². The highest BCUT2D eigenvalue weighted by atomic mass is 35.5. The molecular weight excluding hydrogens is 245 g/mol. The van der Waals surface area contributed by atoms with Crippen molar-refractivity contribution in [3.8, 4) is 17.1 Å². The molecule has 1 aromatic carbocycles. The number of nitrogens with zero attached hydrogens (tertiary/aromatic N) is 2. The zero-order valence-electron chi connectivity index (χ0n) is 8.91. The molecular formula is C11H9ClFN3O. The fourth-order valence-electron chi connectivity index (χ4n) is 1.39. The van der Waals surface area contributed by atoms with Crippen molar-refractivity contribution in [1.29, 1.82) is 0 Å². The lowest BCUT2D eigenvalue weighted by Gasteiger charge is -2.06. The molecule has 0 radical (unpaired) electrons. The number of nitrogens with two attached hydrogens (primary N) is 1. The van der Waals surface area contributed by atoms with Crippen LogP contribution >= 0.6 is 11.6 Å². The van der Waals surface area contributed by atoms with Gasteiger partial charge in [0.2, 0.25) is 0 Å². The molecule has 4 nitrogen and oxygen atoms in total. The minimum Gasteiger partial charge on any atom is -0.506 e. The molecule has 0 aliphatic carbocycles. The number of aromatic hydroxyl groups is 1. The number of phenols is 1. The molecule has 88 valence electrons. The van der Waals surface area contributed by atoms with E-state index in [1.165, 1.54) is 6.07 Å². The molecule has 3 N–H and O–H groups in total. The fraction of sp³-hybridized carbons (Fsp3) is 0.0909. The second-order valence-electron chi connectivity index (χ2n) is 3.55. The molecule has 0 spiro atoms. The maximum atomic E-state index is 12.9. The molecule has 0 atom stereocenters. The monoisotopic (exact) mass is 253 g/mol. The van der Waals surface area contributed by atoms with Gasteiger partial charge in [-0.15, -0.1) is 0 Å². The van der Waals surface area contributed by atoms with Gasteiger partial charge in [0, 0.05) is 5.56 Å². The molecule has 0 bridgehead atoms. The molecule has 2 aromatic rings. The van der Waals surface area contributed by atoms with Gasteiger partial charge < -0.3 is 10.8 Å². The van der Waals surface area contributed by atoms with Gasteiger partial charge in [-0.2, -0.15) is 0 Å². The van der Waals surface area contributed by atoms with E-state index in [4.69, 9.17) is 17.3 Å². The molecule has 0 saturated carbocycles. The molecule has 6 heteroatoms. The smallest absolute Gasteiger partial charge is 0.183 e. The third-order valence-corrected chi connectivity index (χ3v) is 2.57. The Hall–Kier alpha value is -1.88.